The van der Waals surface area contributed by atoms with Gasteiger partial charge < -0.3 is 37.4 Å². The number of carboxylic acids is 1. The standard InChI is InChI=1S/C19H30N6O8S/c1-11-4-6-12(7-5-11)34(32,33)25-19(21)22-8-2-3-13(20)16(28)23-14(9-26)17(29)24-15(10-27)18(30)31/h4-7,13-15,26-27H,2-3,8-10,20H2,1H3,(H,23,28)(H,24,29)(H,30,31)(H3,21,22,25)/t13-,14-,15-/m0/s1. The molecule has 0 aliphatic rings. The van der Waals surface area contributed by atoms with Gasteiger partial charge in [-0.1, -0.05) is 17.7 Å². The fourth-order valence-corrected chi connectivity index (χ4v) is 3.47. The molecule has 1 aromatic carbocycles. The van der Waals surface area contributed by atoms with Crippen LogP contribution in [0.5, 0.6) is 0 Å². The molecule has 0 unspecified atom stereocenters. The topological polar surface area (TPSA) is 247 Å². The molecule has 0 aromatic heterocycles. The average Bonchev–Trinajstić information content (AvgIpc) is 2.77. The van der Waals surface area contributed by atoms with E-state index in [1.807, 2.05) is 12.2 Å². The number of carboxylic acid groups (broad SMARTS) is 1. The lowest BCUT2D eigenvalue weighted by molar-refractivity contribution is -0.143. The van der Waals surface area contributed by atoms with Gasteiger partial charge in [0, 0.05) is 6.54 Å². The Kier molecular flexibility index (Phi) is 11.4. The number of rotatable bonds is 13. The lowest BCUT2D eigenvalue weighted by Crippen LogP contribution is -2.56. The molecule has 2 amide bonds. The Balaban J connectivity index is 2.52. The van der Waals surface area contributed by atoms with E-state index in [0.717, 1.165) is 5.56 Å². The van der Waals surface area contributed by atoms with E-state index in [0.29, 0.717) is 0 Å². The van der Waals surface area contributed by atoms with Gasteiger partial charge in [0.15, 0.2) is 0 Å². The van der Waals surface area contributed by atoms with Crippen molar-refractivity contribution in [3.8, 4) is 0 Å². The second-order valence-electron chi connectivity index (χ2n) is 7.26. The lowest BCUT2D eigenvalue weighted by Gasteiger charge is -2.20. The number of aryl methyl sites for hydroxylation is 1. The Bertz CT molecular complexity index is 983. The van der Waals surface area contributed by atoms with Crippen LogP contribution in [0.1, 0.15) is 18.4 Å². The van der Waals surface area contributed by atoms with Gasteiger partial charge in [-0.3, -0.25) is 14.6 Å². The number of carbonyl (C=O) groups is 3. The molecular weight excluding hydrogens is 472 g/mol. The maximum atomic E-state index is 12.2. The first-order valence-electron chi connectivity index (χ1n) is 10.1. The number of aliphatic hydroxyl groups is 2. The van der Waals surface area contributed by atoms with E-state index in [2.05, 4.69) is 15.0 Å². The van der Waals surface area contributed by atoms with E-state index < -0.39 is 59.1 Å². The van der Waals surface area contributed by atoms with Gasteiger partial charge in [-0.2, -0.15) is 0 Å². The van der Waals surface area contributed by atoms with Gasteiger partial charge in [0.25, 0.3) is 10.0 Å². The van der Waals surface area contributed by atoms with Crippen LogP contribution in [0.3, 0.4) is 0 Å². The van der Waals surface area contributed by atoms with Crippen LogP contribution < -0.4 is 26.8 Å². The molecule has 0 saturated carbocycles. The Morgan fingerprint density at radius 1 is 1.03 bits per heavy atom. The van der Waals surface area contributed by atoms with Crippen LogP contribution in [-0.4, -0.2) is 85.4 Å². The van der Waals surface area contributed by atoms with E-state index >= 15 is 0 Å². The van der Waals surface area contributed by atoms with Crippen molar-refractivity contribution < 1.29 is 38.1 Å². The zero-order valence-electron chi connectivity index (χ0n) is 18.5. The minimum absolute atomic E-state index is 0.0195. The average molecular weight is 503 g/mol. The number of aliphatic carboxylic acids is 1. The normalized spacial score (nSPS) is 14.5. The third-order valence-electron chi connectivity index (χ3n) is 4.48. The van der Waals surface area contributed by atoms with Crippen molar-refractivity contribution >= 4 is 33.8 Å². The number of nitrogens with one attached hydrogen (secondary N) is 3. The summed E-state index contributed by atoms with van der Waals surface area (Å²) < 4.78 is 26.6. The predicted molar refractivity (Wildman–Crippen MR) is 121 cm³/mol. The molecule has 0 fully saturated rings. The van der Waals surface area contributed by atoms with Gasteiger partial charge in [-0.05, 0) is 31.9 Å². The molecule has 0 saturated heterocycles. The first-order valence-corrected chi connectivity index (χ1v) is 11.6. The summed E-state index contributed by atoms with van der Waals surface area (Å²) in [7, 11) is -3.89. The minimum atomic E-state index is -3.89. The van der Waals surface area contributed by atoms with Gasteiger partial charge in [0.2, 0.25) is 17.8 Å². The van der Waals surface area contributed by atoms with Crippen molar-refractivity contribution in [3.05, 3.63) is 29.8 Å². The fourth-order valence-electron chi connectivity index (χ4n) is 2.52. The van der Waals surface area contributed by atoms with E-state index in [9.17, 15) is 27.9 Å². The van der Waals surface area contributed by atoms with Crippen LogP contribution in [0, 0.1) is 6.92 Å². The van der Waals surface area contributed by atoms with Gasteiger partial charge in [0.05, 0.1) is 24.2 Å². The number of amides is 2. The third-order valence-corrected chi connectivity index (χ3v) is 5.85. The van der Waals surface area contributed by atoms with Crippen LogP contribution in [0.2, 0.25) is 0 Å². The summed E-state index contributed by atoms with van der Waals surface area (Å²) in [5, 5.41) is 31.2. The Morgan fingerprint density at radius 3 is 2.12 bits per heavy atom. The summed E-state index contributed by atoms with van der Waals surface area (Å²) in [5.74, 6) is -3.63. The first kappa shape index (κ1) is 28.8. The Labute approximate surface area is 196 Å². The summed E-state index contributed by atoms with van der Waals surface area (Å²) >= 11 is 0. The summed E-state index contributed by atoms with van der Waals surface area (Å²) in [6.45, 7) is 0.154. The predicted octanol–water partition coefficient (Wildman–Crippen LogP) is -3.27. The molecular formula is C19H30N6O8S. The number of hydrogen-bond acceptors (Lipinski definition) is 9. The van der Waals surface area contributed by atoms with Crippen molar-refractivity contribution in [1.82, 2.24) is 15.4 Å². The highest BCUT2D eigenvalue weighted by Gasteiger charge is 2.27. The molecule has 0 heterocycles. The number of aliphatic hydroxyl groups excluding tert-OH is 2. The lowest BCUT2D eigenvalue weighted by atomic mass is 10.1. The van der Waals surface area contributed by atoms with Crippen LogP contribution in [0.4, 0.5) is 0 Å². The molecule has 1 aromatic rings. The summed E-state index contributed by atoms with van der Waals surface area (Å²) in [6.07, 6.45) is 0.324. The zero-order chi connectivity index (χ0) is 25.9. The molecule has 0 spiro atoms. The molecule has 0 radical (unpaired) electrons. The minimum Gasteiger partial charge on any atom is -0.480 e. The number of nitrogens with two attached hydrogens (primary N) is 2. The highest BCUT2D eigenvalue weighted by Crippen LogP contribution is 2.09. The highest BCUT2D eigenvalue weighted by molar-refractivity contribution is 7.90. The molecule has 0 bridgehead atoms. The number of carbonyl (C=O) groups excluding carboxylic acids is 2. The number of aliphatic imine (C=N–C) groups is 1. The third kappa shape index (κ3) is 9.30. The van der Waals surface area contributed by atoms with Crippen LogP contribution >= 0.6 is 0 Å². The molecule has 3 atom stereocenters. The number of guanidine groups is 1. The number of hydrogen-bond donors (Lipinski definition) is 8. The molecule has 15 heteroatoms. The van der Waals surface area contributed by atoms with Gasteiger partial charge >= 0.3 is 5.97 Å². The maximum absolute atomic E-state index is 12.2. The monoisotopic (exact) mass is 502 g/mol. The molecule has 14 nitrogen and oxygen atoms in total. The van der Waals surface area contributed by atoms with E-state index in [4.69, 9.17) is 21.7 Å². The van der Waals surface area contributed by atoms with E-state index in [-0.39, 0.29) is 30.2 Å². The van der Waals surface area contributed by atoms with Crippen LogP contribution in [-0.2, 0) is 24.4 Å². The van der Waals surface area contributed by atoms with Crippen molar-refractivity contribution in [2.75, 3.05) is 19.8 Å². The Morgan fingerprint density at radius 2 is 1.59 bits per heavy atom. The molecule has 0 aliphatic carbocycles. The second-order valence-corrected chi connectivity index (χ2v) is 8.94. The number of benzene rings is 1. The van der Waals surface area contributed by atoms with E-state index in [1.54, 1.807) is 12.1 Å². The quantitative estimate of drug-likeness (QED) is 0.0759. The SMILES string of the molecule is Cc1ccc(S(=O)(=O)NC(N)=NCCC[C@H](N)C(=O)N[C@@H](CO)C(=O)N[C@@H](CO)C(=O)O)cc1. The first-order chi connectivity index (χ1) is 15.9. The summed E-state index contributed by atoms with van der Waals surface area (Å²) in [5.41, 5.74) is 12.3. The molecule has 0 aliphatic heterocycles. The smallest absolute Gasteiger partial charge is 0.328 e. The molecule has 1 rings (SSSR count). The maximum Gasteiger partial charge on any atom is 0.328 e. The van der Waals surface area contributed by atoms with Crippen LogP contribution in [0.25, 0.3) is 0 Å². The molecule has 190 valence electrons. The zero-order valence-corrected chi connectivity index (χ0v) is 19.3. The van der Waals surface area contributed by atoms with Gasteiger partial charge in [-0.15, -0.1) is 0 Å². The van der Waals surface area contributed by atoms with Gasteiger partial charge in [0.1, 0.15) is 12.1 Å². The van der Waals surface area contributed by atoms with Crippen molar-refractivity contribution in [1.29, 1.82) is 0 Å². The van der Waals surface area contributed by atoms with Crippen LogP contribution in [0.15, 0.2) is 34.2 Å². The molecule has 10 N–H and O–H groups in total. The highest BCUT2D eigenvalue weighted by atomic mass is 32.2. The van der Waals surface area contributed by atoms with E-state index in [1.165, 1.54) is 12.1 Å². The van der Waals surface area contributed by atoms with Crippen molar-refractivity contribution in [3.63, 3.8) is 0 Å². The molecule has 34 heavy (non-hydrogen) atoms. The summed E-state index contributed by atoms with van der Waals surface area (Å²) in [6, 6.07) is 1.95. The van der Waals surface area contributed by atoms with Crippen molar-refractivity contribution in [2.45, 2.75) is 42.8 Å². The second kappa shape index (κ2) is 13.4. The summed E-state index contributed by atoms with van der Waals surface area (Å²) in [4.78, 5) is 38.9. The largest absolute Gasteiger partial charge is 0.480 e. The van der Waals surface area contributed by atoms with Gasteiger partial charge in [-0.25, -0.2) is 17.9 Å². The Hall–Kier alpha value is -3.27. The fraction of sp³-hybridized carbons (Fsp3) is 0.474. The number of sulfonamides is 1. The van der Waals surface area contributed by atoms with Crippen molar-refractivity contribution in [2.24, 2.45) is 16.5 Å². The number of nitrogens with zero attached hydrogens (tertiary/aromatic N) is 1.